The van der Waals surface area contributed by atoms with Crippen molar-refractivity contribution in [3.05, 3.63) is 30.3 Å². The molecule has 0 bridgehead atoms. The largest absolute Gasteiger partial charge is 0.464 e. The van der Waals surface area contributed by atoms with E-state index in [0.717, 1.165) is 7.11 Å². The summed E-state index contributed by atoms with van der Waals surface area (Å²) >= 11 is 0. The van der Waals surface area contributed by atoms with Gasteiger partial charge >= 0.3 is 16.1 Å². The Bertz CT molecular complexity index is 601. The van der Waals surface area contributed by atoms with Crippen LogP contribution in [0.4, 0.5) is 0 Å². The molecule has 0 heterocycles. The van der Waals surface area contributed by atoms with Gasteiger partial charge in [0.15, 0.2) is 0 Å². The average Bonchev–Trinajstić information content (AvgIpc) is 2.40. The molecule has 0 saturated heterocycles. The highest BCUT2D eigenvalue weighted by Crippen LogP contribution is 2.11. The van der Waals surface area contributed by atoms with Crippen molar-refractivity contribution in [1.82, 2.24) is 0 Å². The zero-order valence-electron chi connectivity index (χ0n) is 9.23. The molecule has 1 aromatic carbocycles. The molecule has 0 fully saturated rings. The number of ether oxygens (including phenoxy) is 1. The van der Waals surface area contributed by atoms with Gasteiger partial charge in [0.05, 0.1) is 7.11 Å². The van der Waals surface area contributed by atoms with Gasteiger partial charge in [0.1, 0.15) is 11.0 Å². The maximum Gasteiger partial charge on any atom is 0.371 e. The first-order chi connectivity index (χ1) is 8.51. The number of esters is 1. The molecular weight excluding hydrogens is 260 g/mol. The number of methoxy groups -OCH3 is 1. The molecule has 0 saturated carbocycles. The lowest BCUT2D eigenvalue weighted by Gasteiger charge is -2.00. The topological polar surface area (TPSA) is 106 Å². The predicted molar refractivity (Wildman–Crippen MR) is 59.8 cm³/mol. The third-order valence-electron chi connectivity index (χ3n) is 1.74. The highest BCUT2D eigenvalue weighted by molar-refractivity contribution is 7.86. The Balaban J connectivity index is 2.96. The molecule has 0 radical (unpaired) electrons. The van der Waals surface area contributed by atoms with E-state index in [-0.39, 0.29) is 4.90 Å². The van der Waals surface area contributed by atoms with E-state index in [1.54, 1.807) is 6.07 Å². The van der Waals surface area contributed by atoms with Crippen molar-refractivity contribution in [3.8, 4) is 6.07 Å². The van der Waals surface area contributed by atoms with E-state index in [4.69, 9.17) is 5.26 Å². The van der Waals surface area contributed by atoms with Crippen molar-refractivity contribution >= 4 is 21.8 Å². The molecule has 8 heteroatoms. The van der Waals surface area contributed by atoms with E-state index in [2.05, 4.69) is 14.2 Å². The summed E-state index contributed by atoms with van der Waals surface area (Å²) in [4.78, 5) is 10.8. The van der Waals surface area contributed by atoms with Crippen LogP contribution in [0, 0.1) is 11.3 Å². The Morgan fingerprint density at radius 2 is 1.94 bits per heavy atom. The Labute approximate surface area is 103 Å². The number of hydrogen-bond acceptors (Lipinski definition) is 7. The number of carbonyl (C=O) groups is 1. The van der Waals surface area contributed by atoms with Gasteiger partial charge in [0.2, 0.25) is 0 Å². The van der Waals surface area contributed by atoms with Crippen LogP contribution in [0.3, 0.4) is 0 Å². The predicted octanol–water partition coefficient (Wildman–Crippen LogP) is 0.444. The van der Waals surface area contributed by atoms with Gasteiger partial charge < -0.3 is 4.74 Å². The Kier molecular flexibility index (Phi) is 4.39. The molecule has 7 nitrogen and oxygen atoms in total. The molecule has 0 aliphatic rings. The molecule has 0 N–H and O–H groups in total. The number of nitriles is 1. The van der Waals surface area contributed by atoms with E-state index in [1.165, 1.54) is 30.3 Å². The molecular formula is C10H8N2O5S. The molecule has 0 aliphatic heterocycles. The summed E-state index contributed by atoms with van der Waals surface area (Å²) in [5.41, 5.74) is -0.794. The SMILES string of the molecule is COC(=O)C(C#N)=NOS(=O)(=O)c1ccccc1. The third-order valence-corrected chi connectivity index (χ3v) is 2.86. The van der Waals surface area contributed by atoms with Crippen LogP contribution < -0.4 is 0 Å². The summed E-state index contributed by atoms with van der Waals surface area (Å²) < 4.78 is 31.6. The van der Waals surface area contributed by atoms with Gasteiger partial charge in [-0.15, -0.1) is 0 Å². The lowest BCUT2D eigenvalue weighted by molar-refractivity contribution is -0.132. The summed E-state index contributed by atoms with van der Waals surface area (Å²) in [5, 5.41) is 11.5. The van der Waals surface area contributed by atoms with Crippen LogP contribution in [0.15, 0.2) is 40.4 Å². The zero-order chi connectivity index (χ0) is 13.6. The fourth-order valence-electron chi connectivity index (χ4n) is 0.917. The molecule has 0 amide bonds. The van der Waals surface area contributed by atoms with Crippen molar-refractivity contribution in [1.29, 1.82) is 5.26 Å². The van der Waals surface area contributed by atoms with E-state index in [0.29, 0.717) is 0 Å². The average molecular weight is 268 g/mol. The number of rotatable bonds is 4. The van der Waals surface area contributed by atoms with Crippen LogP contribution in [0.25, 0.3) is 0 Å². The first-order valence-electron chi connectivity index (χ1n) is 4.56. The van der Waals surface area contributed by atoms with Gasteiger partial charge in [-0.2, -0.15) is 13.7 Å². The van der Waals surface area contributed by atoms with E-state index in [9.17, 15) is 13.2 Å². The van der Waals surface area contributed by atoms with E-state index >= 15 is 0 Å². The Morgan fingerprint density at radius 3 is 2.44 bits per heavy atom. The molecule has 0 aromatic heterocycles. The summed E-state index contributed by atoms with van der Waals surface area (Å²) in [6, 6.07) is 8.54. The quantitative estimate of drug-likeness (QED) is 0.445. The minimum atomic E-state index is -4.15. The number of carbonyl (C=O) groups excluding carboxylic acids is 1. The van der Waals surface area contributed by atoms with Crippen LogP contribution in [-0.2, 0) is 23.9 Å². The second-order valence-electron chi connectivity index (χ2n) is 2.88. The molecule has 0 unspecified atom stereocenters. The summed E-state index contributed by atoms with van der Waals surface area (Å²) in [7, 11) is -3.12. The molecule has 0 atom stereocenters. The van der Waals surface area contributed by atoms with Crippen molar-refractivity contribution in [3.63, 3.8) is 0 Å². The Hall–Kier alpha value is -2.40. The summed E-state index contributed by atoms with van der Waals surface area (Å²) in [5.74, 6) is -1.08. The van der Waals surface area contributed by atoms with Gasteiger partial charge in [-0.1, -0.05) is 18.2 Å². The lowest BCUT2D eigenvalue weighted by Crippen LogP contribution is -2.15. The summed E-state index contributed by atoms with van der Waals surface area (Å²) in [6.07, 6.45) is 0. The first kappa shape index (κ1) is 13.7. The number of benzene rings is 1. The van der Waals surface area contributed by atoms with Crippen molar-refractivity contribution in [2.45, 2.75) is 4.90 Å². The van der Waals surface area contributed by atoms with Gasteiger partial charge in [-0.05, 0) is 17.3 Å². The van der Waals surface area contributed by atoms with Gasteiger partial charge in [-0.25, -0.2) is 4.79 Å². The van der Waals surface area contributed by atoms with Crippen LogP contribution in [-0.4, -0.2) is 27.2 Å². The maximum atomic E-state index is 11.6. The number of nitrogens with zero attached hydrogens (tertiary/aromatic N) is 2. The third kappa shape index (κ3) is 3.29. The van der Waals surface area contributed by atoms with Gasteiger partial charge in [0, 0.05) is 0 Å². The molecule has 94 valence electrons. The van der Waals surface area contributed by atoms with Gasteiger partial charge in [0.25, 0.3) is 5.71 Å². The normalized spacial score (nSPS) is 11.4. The molecule has 0 aliphatic carbocycles. The number of oxime groups is 1. The second kappa shape index (κ2) is 5.79. The maximum absolute atomic E-state index is 11.6. The van der Waals surface area contributed by atoms with Crippen molar-refractivity contribution in [2.24, 2.45) is 5.16 Å². The fraction of sp³-hybridized carbons (Fsp3) is 0.100. The standard InChI is InChI=1S/C10H8N2O5S/c1-16-10(13)9(7-11)12-17-18(14,15)8-5-3-2-4-6-8/h2-6H,1H3. The van der Waals surface area contributed by atoms with Crippen LogP contribution in [0.1, 0.15) is 0 Å². The van der Waals surface area contributed by atoms with Crippen molar-refractivity contribution < 1.29 is 22.2 Å². The summed E-state index contributed by atoms with van der Waals surface area (Å²) in [6.45, 7) is 0. The molecule has 18 heavy (non-hydrogen) atoms. The fourth-order valence-corrected chi connectivity index (χ4v) is 1.67. The molecule has 0 spiro atoms. The first-order valence-corrected chi connectivity index (χ1v) is 5.97. The monoisotopic (exact) mass is 268 g/mol. The van der Waals surface area contributed by atoms with Crippen LogP contribution in [0.2, 0.25) is 0 Å². The Morgan fingerprint density at radius 1 is 1.33 bits per heavy atom. The lowest BCUT2D eigenvalue weighted by atomic mass is 10.4. The van der Waals surface area contributed by atoms with Crippen LogP contribution in [0.5, 0.6) is 0 Å². The van der Waals surface area contributed by atoms with E-state index < -0.39 is 21.8 Å². The smallest absolute Gasteiger partial charge is 0.371 e. The number of hydrogen-bond donors (Lipinski definition) is 0. The van der Waals surface area contributed by atoms with Crippen LogP contribution >= 0.6 is 0 Å². The highest BCUT2D eigenvalue weighted by Gasteiger charge is 2.18. The minimum Gasteiger partial charge on any atom is -0.464 e. The molecule has 1 aromatic rings. The van der Waals surface area contributed by atoms with Gasteiger partial charge in [-0.3, -0.25) is 4.28 Å². The highest BCUT2D eigenvalue weighted by atomic mass is 32.2. The second-order valence-corrected chi connectivity index (χ2v) is 4.41. The van der Waals surface area contributed by atoms with Crippen molar-refractivity contribution in [2.75, 3.05) is 7.11 Å². The zero-order valence-corrected chi connectivity index (χ0v) is 10.0. The molecule has 1 rings (SSSR count). The minimum absolute atomic E-state index is 0.143. The van der Waals surface area contributed by atoms with E-state index in [1.807, 2.05) is 0 Å².